The third-order valence-corrected chi connectivity index (χ3v) is 2.31. The van der Waals surface area contributed by atoms with Crippen LogP contribution in [-0.4, -0.2) is 11.7 Å². The smallest absolute Gasteiger partial charge is 0.0914 e. The number of aliphatic hydroxyl groups is 1. The zero-order valence-corrected chi connectivity index (χ0v) is 8.51. The maximum absolute atomic E-state index is 9.46. The van der Waals surface area contributed by atoms with Gasteiger partial charge in [0.05, 0.1) is 6.10 Å². The van der Waals surface area contributed by atoms with Crippen molar-refractivity contribution in [2.75, 3.05) is 6.54 Å². The fourth-order valence-corrected chi connectivity index (χ4v) is 1.62. The molecule has 12 heavy (non-hydrogen) atoms. The average molecular weight is 230 g/mol. The maximum atomic E-state index is 9.46. The number of hydrogen-bond donors (Lipinski definition) is 2. The van der Waals surface area contributed by atoms with Crippen molar-refractivity contribution < 1.29 is 5.11 Å². The lowest BCUT2D eigenvalue weighted by molar-refractivity contribution is 0.186. The normalized spacial score (nSPS) is 13.0. The van der Waals surface area contributed by atoms with Crippen LogP contribution in [0.5, 0.6) is 0 Å². The Morgan fingerprint density at radius 2 is 2.25 bits per heavy atom. The predicted octanol–water partition coefficient (Wildman–Crippen LogP) is 1.75. The first-order valence-electron chi connectivity index (χ1n) is 3.79. The molecule has 0 aliphatic rings. The Labute approximate surface area is 80.5 Å². The third-order valence-electron chi connectivity index (χ3n) is 1.81. The number of nitrogens with two attached hydrogens (primary N) is 1. The molecule has 0 spiro atoms. The van der Waals surface area contributed by atoms with Crippen LogP contribution in [0.15, 0.2) is 22.7 Å². The van der Waals surface area contributed by atoms with Crippen LogP contribution >= 0.6 is 15.9 Å². The van der Waals surface area contributed by atoms with Crippen LogP contribution in [0.1, 0.15) is 17.2 Å². The van der Waals surface area contributed by atoms with E-state index in [9.17, 15) is 5.11 Å². The molecule has 0 aromatic heterocycles. The molecule has 3 heteroatoms. The van der Waals surface area contributed by atoms with Crippen LogP contribution in [0.25, 0.3) is 0 Å². The zero-order chi connectivity index (χ0) is 9.14. The van der Waals surface area contributed by atoms with E-state index in [1.165, 1.54) is 0 Å². The largest absolute Gasteiger partial charge is 0.387 e. The molecule has 0 fully saturated rings. The first-order chi connectivity index (χ1) is 5.65. The fourth-order valence-electron chi connectivity index (χ4n) is 1.14. The molecule has 2 nitrogen and oxygen atoms in total. The molecule has 3 N–H and O–H groups in total. The lowest BCUT2D eigenvalue weighted by Gasteiger charge is -2.11. The van der Waals surface area contributed by atoms with Gasteiger partial charge in [-0.15, -0.1) is 0 Å². The van der Waals surface area contributed by atoms with E-state index >= 15 is 0 Å². The number of hydrogen-bond acceptors (Lipinski definition) is 2. The minimum Gasteiger partial charge on any atom is -0.387 e. The standard InChI is InChI=1S/C9H12BrNO/c1-6-4-7(10)2-3-8(6)9(12)5-11/h2-4,9,12H,5,11H2,1H3/t9-/m0/s1. The molecule has 0 unspecified atom stereocenters. The second-order valence-electron chi connectivity index (χ2n) is 2.75. The molecular formula is C9H12BrNO. The minimum absolute atomic E-state index is 0.266. The molecule has 0 bridgehead atoms. The van der Waals surface area contributed by atoms with Gasteiger partial charge >= 0.3 is 0 Å². The van der Waals surface area contributed by atoms with Crippen LogP contribution in [0.3, 0.4) is 0 Å². The Morgan fingerprint density at radius 1 is 1.58 bits per heavy atom. The molecule has 0 aliphatic heterocycles. The highest BCUT2D eigenvalue weighted by Crippen LogP contribution is 2.20. The van der Waals surface area contributed by atoms with Crippen LogP contribution in [0.4, 0.5) is 0 Å². The van der Waals surface area contributed by atoms with Gasteiger partial charge in [-0.2, -0.15) is 0 Å². The predicted molar refractivity (Wildman–Crippen MR) is 52.9 cm³/mol. The zero-order valence-electron chi connectivity index (χ0n) is 6.92. The van der Waals surface area contributed by atoms with Crippen molar-refractivity contribution in [3.05, 3.63) is 33.8 Å². The van der Waals surface area contributed by atoms with Crippen LogP contribution < -0.4 is 5.73 Å². The Bertz CT molecular complexity index is 275. The molecule has 66 valence electrons. The number of halogens is 1. The van der Waals surface area contributed by atoms with E-state index in [0.29, 0.717) is 0 Å². The van der Waals surface area contributed by atoms with Crippen molar-refractivity contribution in [2.45, 2.75) is 13.0 Å². The summed E-state index contributed by atoms with van der Waals surface area (Å²) in [7, 11) is 0. The van der Waals surface area contributed by atoms with E-state index in [1.54, 1.807) is 0 Å². The molecule has 1 aromatic rings. The second-order valence-corrected chi connectivity index (χ2v) is 3.67. The SMILES string of the molecule is Cc1cc(Br)ccc1[C@@H](O)CN. The fraction of sp³-hybridized carbons (Fsp3) is 0.333. The molecule has 0 amide bonds. The highest BCUT2D eigenvalue weighted by atomic mass is 79.9. The summed E-state index contributed by atoms with van der Waals surface area (Å²) in [6.07, 6.45) is -0.543. The van der Waals surface area contributed by atoms with Gasteiger partial charge in [0.2, 0.25) is 0 Å². The van der Waals surface area contributed by atoms with Gasteiger partial charge in [-0.05, 0) is 30.2 Å². The molecular weight excluding hydrogens is 218 g/mol. The number of benzene rings is 1. The summed E-state index contributed by atoms with van der Waals surface area (Å²) >= 11 is 3.35. The monoisotopic (exact) mass is 229 g/mol. The second kappa shape index (κ2) is 4.03. The van der Waals surface area contributed by atoms with Gasteiger partial charge in [0.15, 0.2) is 0 Å². The van der Waals surface area contributed by atoms with Crippen molar-refractivity contribution in [3.63, 3.8) is 0 Å². The van der Waals surface area contributed by atoms with Crippen LogP contribution in [0, 0.1) is 6.92 Å². The van der Waals surface area contributed by atoms with E-state index in [2.05, 4.69) is 15.9 Å². The molecule has 1 rings (SSSR count). The maximum Gasteiger partial charge on any atom is 0.0914 e. The van der Waals surface area contributed by atoms with Gasteiger partial charge in [-0.25, -0.2) is 0 Å². The summed E-state index contributed by atoms with van der Waals surface area (Å²) in [6, 6.07) is 5.76. The van der Waals surface area contributed by atoms with Crippen molar-refractivity contribution in [3.8, 4) is 0 Å². The molecule has 0 saturated carbocycles. The Kier molecular flexibility index (Phi) is 3.26. The van der Waals surface area contributed by atoms with E-state index in [0.717, 1.165) is 15.6 Å². The van der Waals surface area contributed by atoms with Crippen LogP contribution in [-0.2, 0) is 0 Å². The van der Waals surface area contributed by atoms with Crippen molar-refractivity contribution in [1.82, 2.24) is 0 Å². The summed E-state index contributed by atoms with van der Waals surface area (Å²) < 4.78 is 1.02. The lowest BCUT2D eigenvalue weighted by Crippen LogP contribution is -2.12. The van der Waals surface area contributed by atoms with Crippen molar-refractivity contribution in [2.24, 2.45) is 5.73 Å². The first-order valence-corrected chi connectivity index (χ1v) is 4.58. The molecule has 0 aliphatic carbocycles. The average Bonchev–Trinajstić information content (AvgIpc) is 2.03. The molecule has 1 aromatic carbocycles. The summed E-state index contributed by atoms with van der Waals surface area (Å²) in [4.78, 5) is 0. The quantitative estimate of drug-likeness (QED) is 0.812. The van der Waals surface area contributed by atoms with Gasteiger partial charge in [0.1, 0.15) is 0 Å². The summed E-state index contributed by atoms with van der Waals surface area (Å²) in [5.74, 6) is 0. The number of aryl methyl sites for hydroxylation is 1. The van der Waals surface area contributed by atoms with Crippen LogP contribution in [0.2, 0.25) is 0 Å². The molecule has 1 atom stereocenters. The number of rotatable bonds is 2. The number of aliphatic hydroxyl groups excluding tert-OH is 1. The Balaban J connectivity index is 3.01. The summed E-state index contributed by atoms with van der Waals surface area (Å²) in [5, 5.41) is 9.46. The topological polar surface area (TPSA) is 46.2 Å². The summed E-state index contributed by atoms with van der Waals surface area (Å²) in [6.45, 7) is 2.22. The van der Waals surface area contributed by atoms with Gasteiger partial charge < -0.3 is 10.8 Å². The van der Waals surface area contributed by atoms with Gasteiger partial charge in [0, 0.05) is 11.0 Å². The van der Waals surface area contributed by atoms with Gasteiger partial charge in [0.25, 0.3) is 0 Å². The molecule has 0 saturated heterocycles. The van der Waals surface area contributed by atoms with Crippen molar-refractivity contribution >= 4 is 15.9 Å². The minimum atomic E-state index is -0.543. The van der Waals surface area contributed by atoms with E-state index in [1.807, 2.05) is 25.1 Å². The highest BCUT2D eigenvalue weighted by molar-refractivity contribution is 9.10. The lowest BCUT2D eigenvalue weighted by atomic mass is 10.0. The van der Waals surface area contributed by atoms with Crippen molar-refractivity contribution in [1.29, 1.82) is 0 Å². The van der Waals surface area contributed by atoms with Gasteiger partial charge in [-0.3, -0.25) is 0 Å². The van der Waals surface area contributed by atoms with E-state index in [-0.39, 0.29) is 6.54 Å². The molecule has 0 radical (unpaired) electrons. The summed E-state index contributed by atoms with van der Waals surface area (Å²) in [5.41, 5.74) is 7.31. The third kappa shape index (κ3) is 2.06. The van der Waals surface area contributed by atoms with E-state index < -0.39 is 6.10 Å². The van der Waals surface area contributed by atoms with Gasteiger partial charge in [-0.1, -0.05) is 22.0 Å². The first kappa shape index (κ1) is 9.71. The Hall–Kier alpha value is -0.380. The highest BCUT2D eigenvalue weighted by Gasteiger charge is 2.07. The molecule has 0 heterocycles. The van der Waals surface area contributed by atoms with E-state index in [4.69, 9.17) is 5.73 Å². The Morgan fingerprint density at radius 3 is 2.75 bits per heavy atom.